The number of carboxylic acids is 1. The van der Waals surface area contributed by atoms with E-state index in [1.807, 2.05) is 6.07 Å². The Bertz CT molecular complexity index is 670. The predicted octanol–water partition coefficient (Wildman–Crippen LogP) is 2.73. The van der Waals surface area contributed by atoms with Gasteiger partial charge in [-0.25, -0.2) is 4.39 Å². The number of halogens is 1. The molecule has 0 heterocycles. The second-order valence-corrected chi connectivity index (χ2v) is 5.42. The van der Waals surface area contributed by atoms with E-state index in [1.165, 1.54) is 24.3 Å². The third-order valence-electron chi connectivity index (χ3n) is 3.70. The summed E-state index contributed by atoms with van der Waals surface area (Å²) in [6, 6.07) is 13.6. The zero-order chi connectivity index (χ0) is 16.8. The molecule has 0 radical (unpaired) electrons. The fourth-order valence-electron chi connectivity index (χ4n) is 2.37. The second kappa shape index (κ2) is 7.65. The highest BCUT2D eigenvalue weighted by atomic mass is 19.1. The first-order chi connectivity index (χ1) is 11.0. The molecular weight excluding hydrogens is 297 g/mol. The first-order valence-corrected chi connectivity index (χ1v) is 7.28. The molecule has 5 heteroatoms. The molecule has 0 aliphatic carbocycles. The summed E-state index contributed by atoms with van der Waals surface area (Å²) in [6.07, 6.45) is -0.00830. The Hall–Kier alpha value is -2.53. The molecule has 120 valence electrons. The average Bonchev–Trinajstić information content (AvgIpc) is 2.56. The Labute approximate surface area is 133 Å². The molecule has 0 fully saturated rings. The van der Waals surface area contributed by atoms with Crippen LogP contribution in [0.25, 0.3) is 0 Å². The number of carboxylic acid groups (broad SMARTS) is 1. The highest BCUT2D eigenvalue weighted by Gasteiger charge is 2.25. The van der Waals surface area contributed by atoms with Gasteiger partial charge in [-0.3, -0.25) is 9.59 Å². The van der Waals surface area contributed by atoms with Crippen LogP contribution in [0.3, 0.4) is 0 Å². The fraction of sp³-hybridized carbons (Fsp3) is 0.222. The van der Waals surface area contributed by atoms with Crippen molar-refractivity contribution in [1.82, 2.24) is 0 Å². The Morgan fingerprint density at radius 1 is 1.04 bits per heavy atom. The van der Waals surface area contributed by atoms with Crippen LogP contribution in [0.5, 0.6) is 0 Å². The summed E-state index contributed by atoms with van der Waals surface area (Å²) in [5, 5.41) is 9.32. The maximum absolute atomic E-state index is 12.9. The van der Waals surface area contributed by atoms with E-state index in [-0.39, 0.29) is 24.4 Å². The van der Waals surface area contributed by atoms with E-state index in [0.717, 1.165) is 0 Å². The molecule has 2 rings (SSSR count). The lowest BCUT2D eigenvalue weighted by molar-refractivity contribution is -0.143. The van der Waals surface area contributed by atoms with Crippen LogP contribution in [-0.4, -0.2) is 16.9 Å². The topological polar surface area (TPSA) is 80.4 Å². The van der Waals surface area contributed by atoms with Crippen LogP contribution >= 0.6 is 0 Å². The third kappa shape index (κ3) is 4.72. The lowest BCUT2D eigenvalue weighted by Crippen LogP contribution is -2.27. The van der Waals surface area contributed by atoms with Crippen molar-refractivity contribution in [3.63, 3.8) is 0 Å². The summed E-state index contributed by atoms with van der Waals surface area (Å²) in [5.74, 6) is -2.67. The molecule has 2 aromatic carbocycles. The van der Waals surface area contributed by atoms with Crippen molar-refractivity contribution in [2.24, 2.45) is 11.7 Å². The minimum absolute atomic E-state index is 0.156. The number of rotatable bonds is 7. The molecule has 0 aliphatic rings. The van der Waals surface area contributed by atoms with Crippen molar-refractivity contribution in [3.05, 3.63) is 71.5 Å². The van der Waals surface area contributed by atoms with Gasteiger partial charge >= 0.3 is 5.97 Å². The lowest BCUT2D eigenvalue weighted by Gasteiger charge is -2.15. The molecule has 0 aromatic heterocycles. The Morgan fingerprint density at radius 3 is 2.22 bits per heavy atom. The maximum atomic E-state index is 12.9. The van der Waals surface area contributed by atoms with Gasteiger partial charge in [-0.1, -0.05) is 42.5 Å². The largest absolute Gasteiger partial charge is 0.481 e. The number of carbonyl (C=O) groups excluding carboxylic acids is 1. The number of aliphatic carboxylic acids is 1. The number of hydrogen-bond acceptors (Lipinski definition) is 3. The molecule has 0 saturated heterocycles. The predicted molar refractivity (Wildman–Crippen MR) is 84.2 cm³/mol. The molecule has 2 atom stereocenters. The van der Waals surface area contributed by atoms with Gasteiger partial charge in [0, 0.05) is 6.42 Å². The smallest absolute Gasteiger partial charge is 0.307 e. The zero-order valence-corrected chi connectivity index (χ0v) is 12.5. The summed E-state index contributed by atoms with van der Waals surface area (Å²) in [6.45, 7) is 0. The normalized spacial score (nSPS) is 13.3. The Kier molecular flexibility index (Phi) is 5.60. The molecule has 0 amide bonds. The summed E-state index contributed by atoms with van der Waals surface area (Å²) in [7, 11) is 0. The van der Waals surface area contributed by atoms with Crippen LogP contribution in [0.4, 0.5) is 4.39 Å². The van der Waals surface area contributed by atoms with E-state index in [2.05, 4.69) is 0 Å². The molecule has 0 spiro atoms. The van der Waals surface area contributed by atoms with Crippen LogP contribution in [0.2, 0.25) is 0 Å². The van der Waals surface area contributed by atoms with Crippen molar-refractivity contribution >= 4 is 11.8 Å². The second-order valence-electron chi connectivity index (χ2n) is 5.42. The number of nitrogens with two attached hydrogens (primary N) is 1. The monoisotopic (exact) mass is 315 g/mol. The van der Waals surface area contributed by atoms with E-state index < -0.39 is 17.9 Å². The summed E-state index contributed by atoms with van der Waals surface area (Å²) in [4.78, 5) is 23.7. The van der Waals surface area contributed by atoms with Crippen LogP contribution < -0.4 is 5.73 Å². The van der Waals surface area contributed by atoms with Gasteiger partial charge in [-0.05, 0) is 29.7 Å². The van der Waals surface area contributed by atoms with E-state index >= 15 is 0 Å². The SMILES string of the molecule is N[C@H](C(=O)CC(Cc1ccc(F)cc1)C(=O)O)c1ccccc1. The minimum Gasteiger partial charge on any atom is -0.481 e. The number of ketones is 1. The highest BCUT2D eigenvalue weighted by Crippen LogP contribution is 2.19. The van der Waals surface area contributed by atoms with E-state index in [9.17, 15) is 19.1 Å². The van der Waals surface area contributed by atoms with Crippen molar-refractivity contribution in [2.45, 2.75) is 18.9 Å². The van der Waals surface area contributed by atoms with Crippen LogP contribution in [0.15, 0.2) is 54.6 Å². The average molecular weight is 315 g/mol. The van der Waals surface area contributed by atoms with E-state index in [0.29, 0.717) is 11.1 Å². The van der Waals surface area contributed by atoms with Gasteiger partial charge in [0.05, 0.1) is 12.0 Å². The maximum Gasteiger partial charge on any atom is 0.307 e. The molecule has 2 aromatic rings. The summed E-state index contributed by atoms with van der Waals surface area (Å²) in [5.41, 5.74) is 7.23. The third-order valence-corrected chi connectivity index (χ3v) is 3.70. The Morgan fingerprint density at radius 2 is 1.65 bits per heavy atom. The molecule has 0 bridgehead atoms. The van der Waals surface area contributed by atoms with Crippen LogP contribution in [0, 0.1) is 11.7 Å². The van der Waals surface area contributed by atoms with Crippen molar-refractivity contribution in [1.29, 1.82) is 0 Å². The number of hydrogen-bond donors (Lipinski definition) is 2. The van der Waals surface area contributed by atoms with Crippen molar-refractivity contribution < 1.29 is 19.1 Å². The zero-order valence-electron chi connectivity index (χ0n) is 12.5. The highest BCUT2D eigenvalue weighted by molar-refractivity contribution is 5.88. The molecule has 3 N–H and O–H groups in total. The van der Waals surface area contributed by atoms with Gasteiger partial charge in [0.1, 0.15) is 5.82 Å². The summed E-state index contributed by atoms with van der Waals surface area (Å²) >= 11 is 0. The quantitative estimate of drug-likeness (QED) is 0.823. The lowest BCUT2D eigenvalue weighted by atomic mass is 9.90. The summed E-state index contributed by atoms with van der Waals surface area (Å²) < 4.78 is 12.9. The van der Waals surface area contributed by atoms with Gasteiger partial charge in [-0.2, -0.15) is 0 Å². The van der Waals surface area contributed by atoms with E-state index in [4.69, 9.17) is 5.73 Å². The molecule has 23 heavy (non-hydrogen) atoms. The molecule has 0 saturated carbocycles. The fourth-order valence-corrected chi connectivity index (χ4v) is 2.37. The standard InChI is InChI=1S/C18H18FNO3/c19-15-8-6-12(7-9-15)10-14(18(22)23)11-16(21)17(20)13-4-2-1-3-5-13/h1-9,14,17H,10-11,20H2,(H,22,23)/t14?,17-/m0/s1. The molecule has 4 nitrogen and oxygen atoms in total. The van der Waals surface area contributed by atoms with Gasteiger partial charge in [-0.15, -0.1) is 0 Å². The van der Waals surface area contributed by atoms with Gasteiger partial charge in [0.2, 0.25) is 0 Å². The number of carbonyl (C=O) groups is 2. The van der Waals surface area contributed by atoms with Crippen molar-refractivity contribution in [3.8, 4) is 0 Å². The molecule has 1 unspecified atom stereocenters. The van der Waals surface area contributed by atoms with Gasteiger partial charge in [0.25, 0.3) is 0 Å². The molecular formula is C18H18FNO3. The number of Topliss-reactive ketones (excluding diaryl/α,β-unsaturated/α-hetero) is 1. The van der Waals surface area contributed by atoms with Crippen LogP contribution in [0.1, 0.15) is 23.6 Å². The van der Waals surface area contributed by atoms with Crippen LogP contribution in [-0.2, 0) is 16.0 Å². The first-order valence-electron chi connectivity index (χ1n) is 7.28. The number of benzene rings is 2. The van der Waals surface area contributed by atoms with Gasteiger partial charge in [0.15, 0.2) is 5.78 Å². The van der Waals surface area contributed by atoms with Gasteiger partial charge < -0.3 is 10.8 Å². The van der Waals surface area contributed by atoms with E-state index in [1.54, 1.807) is 24.3 Å². The van der Waals surface area contributed by atoms with Crippen molar-refractivity contribution in [2.75, 3.05) is 0 Å². The minimum atomic E-state index is -1.07. The Balaban J connectivity index is 2.05. The molecule has 0 aliphatic heterocycles. The first kappa shape index (κ1) is 16.8.